The highest BCUT2D eigenvalue weighted by molar-refractivity contribution is 5.76. The van der Waals surface area contributed by atoms with E-state index in [4.69, 9.17) is 5.11 Å². The third kappa shape index (κ3) is 2.42. The van der Waals surface area contributed by atoms with E-state index < -0.39 is 17.4 Å². The van der Waals surface area contributed by atoms with Gasteiger partial charge in [0.05, 0.1) is 0 Å². The molecule has 0 aliphatic heterocycles. The summed E-state index contributed by atoms with van der Waals surface area (Å²) in [6, 6.07) is 7.40. The molecule has 0 aromatic heterocycles. The number of likely N-dealkylation sites (N-methyl/N-ethyl adjacent to an activating group) is 1. The first-order valence-electron chi connectivity index (χ1n) is 5.37. The smallest absolute Gasteiger partial charge is 0.321 e. The molecule has 3 nitrogen and oxygen atoms in total. The Hall–Kier alpha value is -1.35. The highest BCUT2D eigenvalue weighted by atomic mass is 16.4. The molecule has 1 unspecified atom stereocenters. The summed E-state index contributed by atoms with van der Waals surface area (Å²) in [5, 5.41) is 12.0. The monoisotopic (exact) mass is 221 g/mol. The summed E-state index contributed by atoms with van der Waals surface area (Å²) in [4.78, 5) is 11.2. The minimum Gasteiger partial charge on any atom is -0.480 e. The second-order valence-electron chi connectivity index (χ2n) is 4.65. The molecule has 0 aliphatic carbocycles. The summed E-state index contributed by atoms with van der Waals surface area (Å²) >= 11 is 0. The molecular formula is C13H19NO2. The lowest BCUT2D eigenvalue weighted by Gasteiger charge is -2.31. The van der Waals surface area contributed by atoms with Crippen LogP contribution in [0.15, 0.2) is 24.3 Å². The van der Waals surface area contributed by atoms with Gasteiger partial charge < -0.3 is 10.4 Å². The lowest BCUT2D eigenvalue weighted by Crippen LogP contribution is -2.48. The van der Waals surface area contributed by atoms with Crippen molar-refractivity contribution < 1.29 is 9.90 Å². The number of carbonyl (C=O) groups is 1. The zero-order valence-electron chi connectivity index (χ0n) is 10.2. The number of rotatable bonds is 4. The lowest BCUT2D eigenvalue weighted by molar-refractivity contribution is -0.141. The van der Waals surface area contributed by atoms with E-state index in [0.717, 1.165) is 5.56 Å². The molecule has 1 aromatic rings. The van der Waals surface area contributed by atoms with E-state index in [2.05, 4.69) is 5.32 Å². The van der Waals surface area contributed by atoms with Crippen LogP contribution < -0.4 is 5.32 Å². The highest BCUT2D eigenvalue weighted by Crippen LogP contribution is 2.27. The molecule has 88 valence electrons. The molecule has 1 atom stereocenters. The Morgan fingerprint density at radius 3 is 2.19 bits per heavy atom. The van der Waals surface area contributed by atoms with Crippen LogP contribution in [0.2, 0.25) is 0 Å². The van der Waals surface area contributed by atoms with Crippen LogP contribution in [-0.2, 0) is 10.2 Å². The van der Waals surface area contributed by atoms with Crippen LogP contribution in [0.3, 0.4) is 0 Å². The number of nitrogens with one attached hydrogen (secondary N) is 1. The molecule has 0 saturated heterocycles. The first-order chi connectivity index (χ1) is 7.39. The molecule has 0 aliphatic rings. The summed E-state index contributed by atoms with van der Waals surface area (Å²) in [7, 11) is 1.68. The molecule has 16 heavy (non-hydrogen) atoms. The predicted octanol–water partition coefficient (Wildman–Crippen LogP) is 1.95. The van der Waals surface area contributed by atoms with Gasteiger partial charge in [0.1, 0.15) is 6.04 Å². The Morgan fingerprint density at radius 2 is 1.81 bits per heavy atom. The zero-order chi connectivity index (χ0) is 12.3. The van der Waals surface area contributed by atoms with Gasteiger partial charge in [0.2, 0.25) is 0 Å². The van der Waals surface area contributed by atoms with Crippen LogP contribution in [0.25, 0.3) is 0 Å². The van der Waals surface area contributed by atoms with E-state index in [-0.39, 0.29) is 0 Å². The van der Waals surface area contributed by atoms with Crippen molar-refractivity contribution in [3.63, 3.8) is 0 Å². The molecule has 0 saturated carbocycles. The Kier molecular flexibility index (Phi) is 3.70. The van der Waals surface area contributed by atoms with Gasteiger partial charge in [-0.25, -0.2) is 0 Å². The Balaban J connectivity index is 3.08. The molecule has 1 aromatic carbocycles. The molecule has 0 spiro atoms. The number of carboxylic acids is 1. The fourth-order valence-electron chi connectivity index (χ4n) is 1.94. The number of aliphatic carboxylic acids is 1. The van der Waals surface area contributed by atoms with Crippen LogP contribution >= 0.6 is 0 Å². The van der Waals surface area contributed by atoms with Gasteiger partial charge in [0.25, 0.3) is 0 Å². The average Bonchev–Trinajstić information content (AvgIpc) is 2.18. The minimum atomic E-state index is -0.826. The third-order valence-electron chi connectivity index (χ3n) is 3.05. The second-order valence-corrected chi connectivity index (χ2v) is 4.65. The van der Waals surface area contributed by atoms with E-state index in [0.29, 0.717) is 0 Å². The topological polar surface area (TPSA) is 49.3 Å². The van der Waals surface area contributed by atoms with Gasteiger partial charge in [-0.05, 0) is 19.5 Å². The fraction of sp³-hybridized carbons (Fsp3) is 0.462. The highest BCUT2D eigenvalue weighted by Gasteiger charge is 2.35. The fourth-order valence-corrected chi connectivity index (χ4v) is 1.94. The van der Waals surface area contributed by atoms with Crippen LogP contribution in [0.4, 0.5) is 0 Å². The number of carboxylic acid groups (broad SMARTS) is 1. The number of aryl methyl sites for hydroxylation is 1. The summed E-state index contributed by atoms with van der Waals surface area (Å²) in [6.07, 6.45) is 0. The maximum absolute atomic E-state index is 11.2. The van der Waals surface area contributed by atoms with E-state index in [9.17, 15) is 4.79 Å². The molecule has 0 fully saturated rings. The number of hydrogen-bond donors (Lipinski definition) is 2. The predicted molar refractivity (Wildman–Crippen MR) is 64.7 cm³/mol. The number of hydrogen-bond acceptors (Lipinski definition) is 2. The molecule has 2 N–H and O–H groups in total. The Labute approximate surface area is 96.5 Å². The summed E-state index contributed by atoms with van der Waals surface area (Å²) < 4.78 is 0. The van der Waals surface area contributed by atoms with Crippen molar-refractivity contribution >= 4 is 5.97 Å². The largest absolute Gasteiger partial charge is 0.480 e. The molecule has 0 radical (unpaired) electrons. The first-order valence-corrected chi connectivity index (χ1v) is 5.37. The molecule has 0 amide bonds. The summed E-state index contributed by atoms with van der Waals surface area (Å²) in [5.41, 5.74) is 1.77. The maximum Gasteiger partial charge on any atom is 0.321 e. The molecule has 0 heterocycles. The van der Waals surface area contributed by atoms with Gasteiger partial charge in [-0.2, -0.15) is 0 Å². The van der Waals surface area contributed by atoms with Crippen LogP contribution in [0, 0.1) is 6.92 Å². The normalized spacial score (nSPS) is 13.5. The summed E-state index contributed by atoms with van der Waals surface area (Å²) in [6.45, 7) is 5.89. The molecule has 3 heteroatoms. The Morgan fingerprint density at radius 1 is 1.31 bits per heavy atom. The molecule has 1 rings (SSSR count). The van der Waals surface area contributed by atoms with Crippen LogP contribution in [-0.4, -0.2) is 24.2 Å². The Bertz CT molecular complexity index is 368. The van der Waals surface area contributed by atoms with Gasteiger partial charge in [0.15, 0.2) is 0 Å². The van der Waals surface area contributed by atoms with Gasteiger partial charge in [-0.1, -0.05) is 43.7 Å². The average molecular weight is 221 g/mol. The SMILES string of the molecule is CNC(C(=O)O)C(C)(C)c1ccc(C)cc1. The quantitative estimate of drug-likeness (QED) is 0.817. The van der Waals surface area contributed by atoms with Crippen molar-refractivity contribution in [2.24, 2.45) is 0 Å². The second kappa shape index (κ2) is 4.66. The lowest BCUT2D eigenvalue weighted by atomic mass is 9.77. The van der Waals surface area contributed by atoms with Gasteiger partial charge in [0, 0.05) is 5.41 Å². The maximum atomic E-state index is 11.2. The van der Waals surface area contributed by atoms with E-state index in [1.54, 1.807) is 7.05 Å². The van der Waals surface area contributed by atoms with Crippen molar-refractivity contribution in [1.29, 1.82) is 0 Å². The van der Waals surface area contributed by atoms with Crippen molar-refractivity contribution in [2.45, 2.75) is 32.2 Å². The summed E-state index contributed by atoms with van der Waals surface area (Å²) in [5.74, 6) is -0.826. The van der Waals surface area contributed by atoms with Crippen LogP contribution in [0.5, 0.6) is 0 Å². The van der Waals surface area contributed by atoms with E-state index >= 15 is 0 Å². The van der Waals surface area contributed by atoms with Crippen molar-refractivity contribution in [3.05, 3.63) is 35.4 Å². The molecular weight excluding hydrogens is 202 g/mol. The van der Waals surface area contributed by atoms with Gasteiger partial charge in [-0.15, -0.1) is 0 Å². The van der Waals surface area contributed by atoms with Gasteiger partial charge in [-0.3, -0.25) is 4.79 Å². The standard InChI is InChI=1S/C13H19NO2/c1-9-5-7-10(8-6-9)13(2,3)11(14-4)12(15)16/h5-8,11,14H,1-4H3,(H,15,16). The van der Waals surface area contributed by atoms with Crippen LogP contribution in [0.1, 0.15) is 25.0 Å². The van der Waals surface area contributed by atoms with Crippen molar-refractivity contribution in [3.8, 4) is 0 Å². The van der Waals surface area contributed by atoms with Crippen molar-refractivity contribution in [2.75, 3.05) is 7.05 Å². The number of benzene rings is 1. The minimum absolute atomic E-state index is 0.436. The third-order valence-corrected chi connectivity index (χ3v) is 3.05. The van der Waals surface area contributed by atoms with Crippen molar-refractivity contribution in [1.82, 2.24) is 5.32 Å². The first kappa shape index (κ1) is 12.7. The van der Waals surface area contributed by atoms with E-state index in [1.807, 2.05) is 45.0 Å². The zero-order valence-corrected chi connectivity index (χ0v) is 10.2. The molecule has 0 bridgehead atoms. The van der Waals surface area contributed by atoms with E-state index in [1.165, 1.54) is 5.56 Å². The van der Waals surface area contributed by atoms with Gasteiger partial charge >= 0.3 is 5.97 Å².